The van der Waals surface area contributed by atoms with Gasteiger partial charge in [-0.3, -0.25) is 0 Å². The van der Waals surface area contributed by atoms with Gasteiger partial charge < -0.3 is 14.8 Å². The summed E-state index contributed by atoms with van der Waals surface area (Å²) >= 11 is 12.1. The molecule has 0 heterocycles. The van der Waals surface area contributed by atoms with Crippen LogP contribution in [0.3, 0.4) is 0 Å². The van der Waals surface area contributed by atoms with Gasteiger partial charge in [0.1, 0.15) is 6.61 Å². The molecule has 0 fully saturated rings. The lowest BCUT2D eigenvalue weighted by atomic mass is 10.1. The summed E-state index contributed by atoms with van der Waals surface area (Å²) in [6.45, 7) is 8.23. The van der Waals surface area contributed by atoms with Crippen molar-refractivity contribution in [2.75, 3.05) is 19.8 Å². The van der Waals surface area contributed by atoms with Crippen molar-refractivity contribution in [3.8, 4) is 11.5 Å². The summed E-state index contributed by atoms with van der Waals surface area (Å²) in [4.78, 5) is 0. The van der Waals surface area contributed by atoms with E-state index in [0.29, 0.717) is 23.3 Å². The second-order valence-electron chi connectivity index (χ2n) is 5.48. The zero-order valence-corrected chi connectivity index (χ0v) is 15.9. The highest BCUT2D eigenvalue weighted by atomic mass is 35.5. The van der Waals surface area contributed by atoms with E-state index in [2.05, 4.69) is 11.9 Å². The lowest BCUT2D eigenvalue weighted by Crippen LogP contribution is -2.17. The number of hydrogen-bond donors (Lipinski definition) is 1. The molecule has 2 rings (SSSR count). The predicted molar refractivity (Wildman–Crippen MR) is 105 cm³/mol. The van der Waals surface area contributed by atoms with Crippen LogP contribution in [0, 0.1) is 0 Å². The molecular formula is C20H23Cl2NO2. The first-order chi connectivity index (χ1) is 12.1. The first-order valence-electron chi connectivity index (χ1n) is 8.28. The highest BCUT2D eigenvalue weighted by Gasteiger charge is 2.06. The molecule has 2 aromatic rings. The quantitative estimate of drug-likeness (QED) is 0.449. The minimum atomic E-state index is 0.458. The zero-order chi connectivity index (χ0) is 18.1. The largest absolute Gasteiger partial charge is 0.490 e. The van der Waals surface area contributed by atoms with Crippen molar-refractivity contribution in [3.05, 3.63) is 70.2 Å². The van der Waals surface area contributed by atoms with E-state index in [4.69, 9.17) is 32.7 Å². The summed E-state index contributed by atoms with van der Waals surface area (Å²) < 4.78 is 11.3. The maximum absolute atomic E-state index is 6.19. The van der Waals surface area contributed by atoms with Crippen LogP contribution < -0.4 is 14.8 Å². The van der Waals surface area contributed by atoms with Gasteiger partial charge in [-0.05, 0) is 55.3 Å². The van der Waals surface area contributed by atoms with Crippen LogP contribution in [0.1, 0.15) is 18.1 Å². The molecule has 0 aliphatic rings. The molecular weight excluding hydrogens is 357 g/mol. The van der Waals surface area contributed by atoms with E-state index in [0.717, 1.165) is 42.1 Å². The Morgan fingerprint density at radius 2 is 1.92 bits per heavy atom. The lowest BCUT2D eigenvalue weighted by Gasteiger charge is -2.13. The number of nitrogens with one attached hydrogen (secondary N) is 1. The van der Waals surface area contributed by atoms with Gasteiger partial charge in [-0.15, -0.1) is 0 Å². The van der Waals surface area contributed by atoms with Crippen molar-refractivity contribution in [2.24, 2.45) is 0 Å². The van der Waals surface area contributed by atoms with Crippen LogP contribution in [-0.2, 0) is 13.0 Å². The Hall–Kier alpha value is -1.68. The van der Waals surface area contributed by atoms with Crippen molar-refractivity contribution in [2.45, 2.75) is 19.9 Å². The lowest BCUT2D eigenvalue weighted by molar-refractivity contribution is 0.296. The van der Waals surface area contributed by atoms with Crippen molar-refractivity contribution in [3.63, 3.8) is 0 Å². The maximum atomic E-state index is 6.19. The van der Waals surface area contributed by atoms with Gasteiger partial charge in [0.05, 0.1) is 6.61 Å². The second kappa shape index (κ2) is 10.3. The van der Waals surface area contributed by atoms with E-state index in [1.807, 2.05) is 37.3 Å². The van der Waals surface area contributed by atoms with Crippen molar-refractivity contribution >= 4 is 23.2 Å². The SMILES string of the molecule is C=CCOc1ccc(CNCCc2ccc(Cl)cc2Cl)cc1OCC. The molecule has 0 bridgehead atoms. The smallest absolute Gasteiger partial charge is 0.161 e. The van der Waals surface area contributed by atoms with Gasteiger partial charge in [0.25, 0.3) is 0 Å². The Bertz CT molecular complexity index is 704. The molecule has 0 saturated carbocycles. The fourth-order valence-corrected chi connectivity index (χ4v) is 2.88. The molecule has 5 heteroatoms. The van der Waals surface area contributed by atoms with Gasteiger partial charge in [-0.1, -0.05) is 48.0 Å². The minimum Gasteiger partial charge on any atom is -0.490 e. The molecule has 0 amide bonds. The van der Waals surface area contributed by atoms with Crippen LogP contribution in [-0.4, -0.2) is 19.8 Å². The summed E-state index contributed by atoms with van der Waals surface area (Å²) in [5.74, 6) is 1.49. The summed E-state index contributed by atoms with van der Waals surface area (Å²) in [5, 5.41) is 4.78. The molecule has 0 aliphatic carbocycles. The van der Waals surface area contributed by atoms with Crippen LogP contribution in [0.15, 0.2) is 49.1 Å². The fraction of sp³-hybridized carbons (Fsp3) is 0.300. The number of halogens is 2. The topological polar surface area (TPSA) is 30.5 Å². The molecule has 0 spiro atoms. The van der Waals surface area contributed by atoms with Crippen molar-refractivity contribution < 1.29 is 9.47 Å². The van der Waals surface area contributed by atoms with Gasteiger partial charge in [0, 0.05) is 16.6 Å². The van der Waals surface area contributed by atoms with Crippen LogP contribution in [0.5, 0.6) is 11.5 Å². The maximum Gasteiger partial charge on any atom is 0.161 e. The first kappa shape index (κ1) is 19.6. The van der Waals surface area contributed by atoms with E-state index < -0.39 is 0 Å². The number of hydrogen-bond acceptors (Lipinski definition) is 3. The van der Waals surface area contributed by atoms with Gasteiger partial charge in [-0.25, -0.2) is 0 Å². The minimum absolute atomic E-state index is 0.458. The molecule has 2 aromatic carbocycles. The molecule has 0 saturated heterocycles. The Morgan fingerprint density at radius 3 is 2.64 bits per heavy atom. The third kappa shape index (κ3) is 6.28. The number of rotatable bonds is 10. The summed E-state index contributed by atoms with van der Waals surface area (Å²) in [5.41, 5.74) is 2.22. The molecule has 134 valence electrons. The van der Waals surface area contributed by atoms with Crippen molar-refractivity contribution in [1.29, 1.82) is 0 Å². The van der Waals surface area contributed by atoms with Crippen molar-refractivity contribution in [1.82, 2.24) is 5.32 Å². The Kier molecular flexibility index (Phi) is 8.13. The average molecular weight is 380 g/mol. The normalized spacial score (nSPS) is 10.5. The Balaban J connectivity index is 1.89. The van der Waals surface area contributed by atoms with Crippen LogP contribution >= 0.6 is 23.2 Å². The molecule has 0 atom stereocenters. The van der Waals surface area contributed by atoms with Gasteiger partial charge in [0.2, 0.25) is 0 Å². The highest BCUT2D eigenvalue weighted by Crippen LogP contribution is 2.28. The standard InChI is InChI=1S/C20H23Cl2NO2/c1-3-11-25-19-8-5-15(12-20(19)24-4-2)14-23-10-9-16-6-7-17(21)13-18(16)22/h3,5-8,12-13,23H,1,4,9-11,14H2,2H3. The van der Waals surface area contributed by atoms with E-state index >= 15 is 0 Å². The molecule has 0 aliphatic heterocycles. The highest BCUT2D eigenvalue weighted by molar-refractivity contribution is 6.35. The van der Waals surface area contributed by atoms with E-state index in [1.54, 1.807) is 12.1 Å². The number of benzene rings is 2. The Labute approximate surface area is 159 Å². The average Bonchev–Trinajstić information content (AvgIpc) is 2.60. The Morgan fingerprint density at radius 1 is 1.08 bits per heavy atom. The number of ether oxygens (including phenoxy) is 2. The molecule has 0 unspecified atom stereocenters. The van der Waals surface area contributed by atoms with Gasteiger partial charge >= 0.3 is 0 Å². The summed E-state index contributed by atoms with van der Waals surface area (Å²) in [6, 6.07) is 11.6. The van der Waals surface area contributed by atoms with Crippen LogP contribution in [0.2, 0.25) is 10.0 Å². The molecule has 0 aromatic heterocycles. The third-order valence-electron chi connectivity index (χ3n) is 3.58. The van der Waals surface area contributed by atoms with Gasteiger partial charge in [-0.2, -0.15) is 0 Å². The first-order valence-corrected chi connectivity index (χ1v) is 9.03. The molecule has 25 heavy (non-hydrogen) atoms. The monoisotopic (exact) mass is 379 g/mol. The van der Waals surface area contributed by atoms with E-state index in [9.17, 15) is 0 Å². The molecule has 1 N–H and O–H groups in total. The second-order valence-corrected chi connectivity index (χ2v) is 6.32. The van der Waals surface area contributed by atoms with E-state index in [1.165, 1.54) is 0 Å². The summed E-state index contributed by atoms with van der Waals surface area (Å²) in [7, 11) is 0. The fourth-order valence-electron chi connectivity index (χ4n) is 2.38. The van der Waals surface area contributed by atoms with Crippen LogP contribution in [0.25, 0.3) is 0 Å². The predicted octanol–water partition coefficient (Wildman–Crippen LogP) is 5.29. The van der Waals surface area contributed by atoms with Crippen LogP contribution in [0.4, 0.5) is 0 Å². The van der Waals surface area contributed by atoms with E-state index in [-0.39, 0.29) is 0 Å². The third-order valence-corrected chi connectivity index (χ3v) is 4.17. The zero-order valence-electron chi connectivity index (χ0n) is 14.4. The summed E-state index contributed by atoms with van der Waals surface area (Å²) in [6.07, 6.45) is 2.56. The van der Waals surface area contributed by atoms with Gasteiger partial charge in [0.15, 0.2) is 11.5 Å². The molecule has 0 radical (unpaired) electrons. The molecule has 3 nitrogen and oxygen atoms in total.